The van der Waals surface area contributed by atoms with Crippen LogP contribution in [-0.4, -0.2) is 10.9 Å². The van der Waals surface area contributed by atoms with Gasteiger partial charge in [0.25, 0.3) is 0 Å². The van der Waals surface area contributed by atoms with Gasteiger partial charge in [0, 0.05) is 11.5 Å². The van der Waals surface area contributed by atoms with Crippen LogP contribution in [0.25, 0.3) is 0 Å². The Balaban J connectivity index is 0.000000686. The van der Waals surface area contributed by atoms with E-state index in [-0.39, 0.29) is 17.5 Å². The highest BCUT2D eigenvalue weighted by Crippen LogP contribution is 2.19. The van der Waals surface area contributed by atoms with Gasteiger partial charge < -0.3 is 5.11 Å². The predicted molar refractivity (Wildman–Crippen MR) is 70.1 cm³/mol. The lowest BCUT2D eigenvalue weighted by Crippen LogP contribution is -2.13. The molecule has 2 heteroatoms. The Morgan fingerprint density at radius 2 is 1.88 bits per heavy atom. The van der Waals surface area contributed by atoms with E-state index in [2.05, 4.69) is 0 Å². The van der Waals surface area contributed by atoms with Crippen LogP contribution in [0.5, 0.6) is 0 Å². The Morgan fingerprint density at radius 3 is 2.41 bits per heavy atom. The summed E-state index contributed by atoms with van der Waals surface area (Å²) in [6.45, 7) is 4.00. The normalized spacial score (nSPS) is 17.8. The number of allylic oxidation sites excluding steroid dienone is 3. The average Bonchev–Trinajstić information content (AvgIpc) is 2.42. The Morgan fingerprint density at radius 1 is 1.24 bits per heavy atom. The molecule has 2 rings (SSSR count). The molecular weight excluding hydrogens is 212 g/mol. The third-order valence-corrected chi connectivity index (χ3v) is 2.48. The van der Waals surface area contributed by atoms with Crippen LogP contribution >= 0.6 is 0 Å². The molecule has 0 spiro atoms. The lowest BCUT2D eigenvalue weighted by Gasteiger charge is -2.12. The maximum atomic E-state index is 11.9. The molecule has 1 aromatic rings. The van der Waals surface area contributed by atoms with Crippen LogP contribution < -0.4 is 0 Å². The van der Waals surface area contributed by atoms with E-state index in [9.17, 15) is 4.79 Å². The minimum absolute atomic E-state index is 0.107. The Bertz CT molecular complexity index is 416. The summed E-state index contributed by atoms with van der Waals surface area (Å²) in [6, 6.07) is 9.22. The third-order valence-electron chi connectivity index (χ3n) is 2.48. The second-order valence-corrected chi connectivity index (χ2v) is 3.56. The maximum absolute atomic E-state index is 11.9. The second kappa shape index (κ2) is 6.69. The fourth-order valence-corrected chi connectivity index (χ4v) is 1.62. The highest BCUT2D eigenvalue weighted by atomic mass is 16.3. The number of benzene rings is 1. The topological polar surface area (TPSA) is 37.3 Å². The smallest absolute Gasteiger partial charge is 0.170 e. The van der Waals surface area contributed by atoms with Gasteiger partial charge in [-0.15, -0.1) is 0 Å². The Kier molecular flexibility index (Phi) is 5.21. The fraction of sp³-hybridized carbons (Fsp3) is 0.267. The van der Waals surface area contributed by atoms with Gasteiger partial charge in [0.1, 0.15) is 5.76 Å². The van der Waals surface area contributed by atoms with Crippen LogP contribution in [0.15, 0.2) is 54.3 Å². The highest BCUT2D eigenvalue weighted by Gasteiger charge is 2.18. The molecule has 0 amide bonds. The van der Waals surface area contributed by atoms with Crippen molar-refractivity contribution in [3.63, 3.8) is 0 Å². The van der Waals surface area contributed by atoms with E-state index in [4.69, 9.17) is 5.11 Å². The molecule has 0 radical (unpaired) electrons. The number of carbonyl (C=O) groups excluding carboxylic acids is 1. The third kappa shape index (κ3) is 3.59. The zero-order chi connectivity index (χ0) is 12.7. The van der Waals surface area contributed by atoms with Crippen molar-refractivity contribution in [3.8, 4) is 0 Å². The summed E-state index contributed by atoms with van der Waals surface area (Å²) in [5.41, 5.74) is 0.724. The summed E-state index contributed by atoms with van der Waals surface area (Å²) < 4.78 is 0. The van der Waals surface area contributed by atoms with Gasteiger partial charge in [-0.25, -0.2) is 0 Å². The minimum Gasteiger partial charge on any atom is -0.508 e. The lowest BCUT2D eigenvalue weighted by molar-refractivity contribution is 0.0945. The SMILES string of the molecule is CC.O=C(c1ccccc1)C1C=CC(O)=CC1. The number of Topliss-reactive ketones (excluding diaryl/α,β-unsaturated/α-hetero) is 1. The highest BCUT2D eigenvalue weighted by molar-refractivity contribution is 5.99. The summed E-state index contributed by atoms with van der Waals surface area (Å²) >= 11 is 0. The van der Waals surface area contributed by atoms with Crippen molar-refractivity contribution in [3.05, 3.63) is 59.9 Å². The Hall–Kier alpha value is -1.83. The van der Waals surface area contributed by atoms with Gasteiger partial charge in [0.15, 0.2) is 5.78 Å². The van der Waals surface area contributed by atoms with Gasteiger partial charge in [-0.2, -0.15) is 0 Å². The first-order valence-corrected chi connectivity index (χ1v) is 5.94. The first-order chi connectivity index (χ1) is 8.27. The molecule has 1 N–H and O–H groups in total. The van der Waals surface area contributed by atoms with E-state index >= 15 is 0 Å². The fourth-order valence-electron chi connectivity index (χ4n) is 1.62. The molecule has 2 nitrogen and oxygen atoms in total. The number of hydrogen-bond donors (Lipinski definition) is 1. The number of hydrogen-bond acceptors (Lipinski definition) is 2. The van der Waals surface area contributed by atoms with Gasteiger partial charge in [0.2, 0.25) is 0 Å². The van der Waals surface area contributed by atoms with Crippen molar-refractivity contribution >= 4 is 5.78 Å². The Labute approximate surface area is 102 Å². The molecule has 0 aliphatic heterocycles. The molecule has 1 aromatic carbocycles. The molecule has 0 saturated heterocycles. The summed E-state index contributed by atoms with van der Waals surface area (Å²) in [5, 5.41) is 9.14. The molecule has 0 heterocycles. The molecule has 90 valence electrons. The quantitative estimate of drug-likeness (QED) is 0.782. The van der Waals surface area contributed by atoms with E-state index in [0.717, 1.165) is 5.56 Å². The molecule has 1 aliphatic carbocycles. The molecule has 17 heavy (non-hydrogen) atoms. The van der Waals surface area contributed by atoms with Crippen LogP contribution in [0.3, 0.4) is 0 Å². The number of carbonyl (C=O) groups is 1. The number of rotatable bonds is 2. The van der Waals surface area contributed by atoms with Crippen LogP contribution in [0.4, 0.5) is 0 Å². The zero-order valence-corrected chi connectivity index (χ0v) is 10.3. The number of aliphatic hydroxyl groups is 1. The van der Waals surface area contributed by atoms with Crippen molar-refractivity contribution in [1.82, 2.24) is 0 Å². The van der Waals surface area contributed by atoms with E-state index in [0.29, 0.717) is 6.42 Å². The number of ketones is 1. The average molecular weight is 230 g/mol. The summed E-state index contributed by atoms with van der Waals surface area (Å²) in [6.07, 6.45) is 5.58. The molecular formula is C15H18O2. The van der Waals surface area contributed by atoms with Gasteiger partial charge in [-0.05, 0) is 18.6 Å². The first kappa shape index (κ1) is 13.2. The molecule has 0 saturated carbocycles. The largest absolute Gasteiger partial charge is 0.508 e. The van der Waals surface area contributed by atoms with Gasteiger partial charge in [-0.1, -0.05) is 50.3 Å². The van der Waals surface area contributed by atoms with Gasteiger partial charge >= 0.3 is 0 Å². The summed E-state index contributed by atoms with van der Waals surface area (Å²) in [5.74, 6) is 0.214. The first-order valence-electron chi connectivity index (χ1n) is 5.94. The standard InChI is InChI=1S/C13H12O2.C2H6/c14-12-8-6-11(7-9-12)13(15)10-4-2-1-3-5-10;1-2/h1-6,8-9,11,14H,7H2;1-2H3. The second-order valence-electron chi connectivity index (χ2n) is 3.56. The van der Waals surface area contributed by atoms with Crippen LogP contribution in [-0.2, 0) is 0 Å². The van der Waals surface area contributed by atoms with E-state index in [1.54, 1.807) is 18.2 Å². The van der Waals surface area contributed by atoms with Crippen molar-refractivity contribution in [2.45, 2.75) is 20.3 Å². The van der Waals surface area contributed by atoms with Crippen LogP contribution in [0.2, 0.25) is 0 Å². The van der Waals surface area contributed by atoms with Gasteiger partial charge in [0.05, 0.1) is 0 Å². The number of aliphatic hydroxyl groups excluding tert-OH is 1. The molecule has 0 aromatic heterocycles. The van der Waals surface area contributed by atoms with Crippen LogP contribution in [0, 0.1) is 5.92 Å². The van der Waals surface area contributed by atoms with E-state index in [1.807, 2.05) is 44.2 Å². The lowest BCUT2D eigenvalue weighted by atomic mass is 9.91. The van der Waals surface area contributed by atoms with Crippen molar-refractivity contribution < 1.29 is 9.90 Å². The van der Waals surface area contributed by atoms with Crippen molar-refractivity contribution in [1.29, 1.82) is 0 Å². The van der Waals surface area contributed by atoms with Gasteiger partial charge in [-0.3, -0.25) is 4.79 Å². The summed E-state index contributed by atoms with van der Waals surface area (Å²) in [7, 11) is 0. The van der Waals surface area contributed by atoms with E-state index < -0.39 is 0 Å². The van der Waals surface area contributed by atoms with E-state index in [1.165, 1.54) is 0 Å². The zero-order valence-electron chi connectivity index (χ0n) is 10.3. The van der Waals surface area contributed by atoms with Crippen molar-refractivity contribution in [2.75, 3.05) is 0 Å². The minimum atomic E-state index is -0.136. The molecule has 0 bridgehead atoms. The maximum Gasteiger partial charge on any atom is 0.170 e. The molecule has 1 aliphatic rings. The predicted octanol–water partition coefficient (Wildman–Crippen LogP) is 3.91. The molecule has 0 fully saturated rings. The molecule has 1 unspecified atom stereocenters. The van der Waals surface area contributed by atoms with Crippen molar-refractivity contribution in [2.24, 2.45) is 5.92 Å². The summed E-state index contributed by atoms with van der Waals surface area (Å²) in [4.78, 5) is 11.9. The monoisotopic (exact) mass is 230 g/mol. The molecule has 1 atom stereocenters. The van der Waals surface area contributed by atoms with Crippen LogP contribution in [0.1, 0.15) is 30.6 Å².